The highest BCUT2D eigenvalue weighted by molar-refractivity contribution is 5.77. The molecular weight excluding hydrogens is 426 g/mol. The Morgan fingerprint density at radius 2 is 1.68 bits per heavy atom. The lowest BCUT2D eigenvalue weighted by atomic mass is 10.1. The van der Waals surface area contributed by atoms with Crippen LogP contribution in [0.25, 0.3) is 11.0 Å². The molecule has 1 aliphatic heterocycles. The van der Waals surface area contributed by atoms with Crippen LogP contribution < -0.4 is 0 Å². The van der Waals surface area contributed by atoms with Crippen molar-refractivity contribution < 1.29 is 9.32 Å². The van der Waals surface area contributed by atoms with Gasteiger partial charge in [-0.05, 0) is 38.0 Å². The number of para-hydroxylation sites is 2. The van der Waals surface area contributed by atoms with Gasteiger partial charge in [-0.1, -0.05) is 47.6 Å². The standard InChI is InChI=1S/C27H31N5O2/c1-20-23(21(2)34-29-20)12-13-27(33)31-16-14-30(15-17-31)19-26-28-24-10-6-7-11-25(24)32(26)18-22-8-4-3-5-9-22/h3-11H,12-19H2,1-2H3. The highest BCUT2D eigenvalue weighted by Crippen LogP contribution is 2.20. The summed E-state index contributed by atoms with van der Waals surface area (Å²) >= 11 is 0. The fourth-order valence-electron chi connectivity index (χ4n) is 4.79. The van der Waals surface area contributed by atoms with Crippen molar-refractivity contribution in [1.29, 1.82) is 0 Å². The third kappa shape index (κ3) is 4.75. The van der Waals surface area contributed by atoms with E-state index in [1.807, 2.05) is 30.9 Å². The monoisotopic (exact) mass is 457 g/mol. The number of rotatable bonds is 7. The number of aromatic nitrogens is 3. The largest absolute Gasteiger partial charge is 0.361 e. The molecule has 7 nitrogen and oxygen atoms in total. The molecule has 0 N–H and O–H groups in total. The summed E-state index contributed by atoms with van der Waals surface area (Å²) in [7, 11) is 0. The zero-order valence-electron chi connectivity index (χ0n) is 19.9. The lowest BCUT2D eigenvalue weighted by Crippen LogP contribution is -2.48. The molecule has 0 bridgehead atoms. The first kappa shape index (κ1) is 22.3. The molecular formula is C27H31N5O2. The van der Waals surface area contributed by atoms with Crippen molar-refractivity contribution in [3.8, 4) is 0 Å². The number of amides is 1. The van der Waals surface area contributed by atoms with Gasteiger partial charge >= 0.3 is 0 Å². The highest BCUT2D eigenvalue weighted by atomic mass is 16.5. The van der Waals surface area contributed by atoms with Gasteiger partial charge in [0.2, 0.25) is 5.91 Å². The number of imidazole rings is 1. The second kappa shape index (κ2) is 9.81. The molecule has 2 aromatic carbocycles. The fourth-order valence-corrected chi connectivity index (χ4v) is 4.79. The summed E-state index contributed by atoms with van der Waals surface area (Å²) in [5.74, 6) is 2.09. The van der Waals surface area contributed by atoms with Gasteiger partial charge < -0.3 is 14.0 Å². The third-order valence-corrected chi connectivity index (χ3v) is 6.78. The molecule has 1 fully saturated rings. The van der Waals surface area contributed by atoms with Crippen molar-refractivity contribution >= 4 is 16.9 Å². The number of aryl methyl sites for hydroxylation is 2. The number of fused-ring (bicyclic) bond motifs is 1. The summed E-state index contributed by atoms with van der Waals surface area (Å²) in [4.78, 5) is 22.1. The van der Waals surface area contributed by atoms with E-state index in [0.29, 0.717) is 12.8 Å². The van der Waals surface area contributed by atoms with Crippen molar-refractivity contribution in [2.45, 2.75) is 39.8 Å². The molecule has 7 heteroatoms. The van der Waals surface area contributed by atoms with Crippen LogP contribution in [0.1, 0.15) is 34.8 Å². The Labute approximate surface area is 200 Å². The minimum Gasteiger partial charge on any atom is -0.361 e. The Kier molecular flexibility index (Phi) is 6.45. The Morgan fingerprint density at radius 1 is 0.941 bits per heavy atom. The Hall–Kier alpha value is -3.45. The minimum atomic E-state index is 0.205. The van der Waals surface area contributed by atoms with Crippen LogP contribution in [0.15, 0.2) is 59.1 Å². The van der Waals surface area contributed by atoms with Crippen LogP contribution in [0.5, 0.6) is 0 Å². The second-order valence-corrected chi connectivity index (χ2v) is 9.05. The zero-order valence-corrected chi connectivity index (χ0v) is 19.9. The summed E-state index contributed by atoms with van der Waals surface area (Å²) in [5, 5.41) is 3.99. The van der Waals surface area contributed by atoms with E-state index in [1.165, 1.54) is 5.56 Å². The van der Waals surface area contributed by atoms with E-state index in [9.17, 15) is 4.79 Å². The number of hydrogen-bond donors (Lipinski definition) is 0. The molecule has 5 rings (SSSR count). The Balaban J connectivity index is 1.22. The van der Waals surface area contributed by atoms with E-state index < -0.39 is 0 Å². The van der Waals surface area contributed by atoms with Crippen molar-refractivity contribution in [1.82, 2.24) is 24.5 Å². The molecule has 1 saturated heterocycles. The zero-order chi connectivity index (χ0) is 23.5. The van der Waals surface area contributed by atoms with Crippen LogP contribution in [0, 0.1) is 13.8 Å². The smallest absolute Gasteiger partial charge is 0.222 e. The third-order valence-electron chi connectivity index (χ3n) is 6.78. The van der Waals surface area contributed by atoms with E-state index in [2.05, 4.69) is 57.1 Å². The number of carbonyl (C=O) groups excluding carboxylic acids is 1. The SMILES string of the molecule is Cc1noc(C)c1CCC(=O)N1CCN(Cc2nc3ccccc3n2Cc2ccccc2)CC1. The Morgan fingerprint density at radius 3 is 2.41 bits per heavy atom. The highest BCUT2D eigenvalue weighted by Gasteiger charge is 2.23. The molecule has 2 aromatic heterocycles. The predicted octanol–water partition coefficient (Wildman–Crippen LogP) is 3.97. The van der Waals surface area contributed by atoms with Crippen molar-refractivity contribution in [2.24, 2.45) is 0 Å². The van der Waals surface area contributed by atoms with Gasteiger partial charge in [-0.3, -0.25) is 9.69 Å². The second-order valence-electron chi connectivity index (χ2n) is 9.05. The maximum absolute atomic E-state index is 12.8. The van der Waals surface area contributed by atoms with Crippen LogP contribution in [0.2, 0.25) is 0 Å². The predicted molar refractivity (Wildman–Crippen MR) is 131 cm³/mol. The van der Waals surface area contributed by atoms with Gasteiger partial charge in [0, 0.05) is 44.7 Å². The van der Waals surface area contributed by atoms with E-state index in [1.54, 1.807) is 0 Å². The topological polar surface area (TPSA) is 67.4 Å². The molecule has 0 unspecified atom stereocenters. The minimum absolute atomic E-state index is 0.205. The van der Waals surface area contributed by atoms with Crippen LogP contribution in [0.4, 0.5) is 0 Å². The van der Waals surface area contributed by atoms with Gasteiger partial charge in [-0.15, -0.1) is 0 Å². The van der Waals surface area contributed by atoms with Gasteiger partial charge in [0.25, 0.3) is 0 Å². The van der Waals surface area contributed by atoms with Crippen LogP contribution in [0.3, 0.4) is 0 Å². The van der Waals surface area contributed by atoms with Crippen LogP contribution in [-0.2, 0) is 24.3 Å². The molecule has 1 amide bonds. The maximum Gasteiger partial charge on any atom is 0.222 e. The van der Waals surface area contributed by atoms with Crippen molar-refractivity contribution in [2.75, 3.05) is 26.2 Å². The van der Waals surface area contributed by atoms with Gasteiger partial charge in [-0.2, -0.15) is 0 Å². The first-order valence-corrected chi connectivity index (χ1v) is 12.0. The summed E-state index contributed by atoms with van der Waals surface area (Å²) in [5.41, 5.74) is 5.40. The number of piperazine rings is 1. The van der Waals surface area contributed by atoms with Gasteiger partial charge in [0.15, 0.2) is 0 Å². The van der Waals surface area contributed by atoms with Crippen molar-refractivity contribution in [3.05, 3.63) is 83.0 Å². The molecule has 0 saturated carbocycles. The number of benzene rings is 2. The number of carbonyl (C=O) groups is 1. The maximum atomic E-state index is 12.8. The summed E-state index contributed by atoms with van der Waals surface area (Å²) in [6.07, 6.45) is 1.18. The van der Waals surface area contributed by atoms with Gasteiger partial charge in [0.1, 0.15) is 11.6 Å². The van der Waals surface area contributed by atoms with E-state index in [-0.39, 0.29) is 5.91 Å². The van der Waals surface area contributed by atoms with Crippen LogP contribution in [-0.4, -0.2) is 56.6 Å². The van der Waals surface area contributed by atoms with Gasteiger partial charge in [0.05, 0.1) is 23.3 Å². The van der Waals surface area contributed by atoms with E-state index in [4.69, 9.17) is 9.51 Å². The average Bonchev–Trinajstić information content (AvgIpc) is 3.37. The molecule has 34 heavy (non-hydrogen) atoms. The lowest BCUT2D eigenvalue weighted by molar-refractivity contribution is -0.133. The molecule has 1 aliphatic rings. The van der Waals surface area contributed by atoms with Gasteiger partial charge in [-0.25, -0.2) is 4.98 Å². The van der Waals surface area contributed by atoms with Crippen molar-refractivity contribution in [3.63, 3.8) is 0 Å². The molecule has 0 spiro atoms. The summed E-state index contributed by atoms with van der Waals surface area (Å²) in [6, 6.07) is 18.9. The summed E-state index contributed by atoms with van der Waals surface area (Å²) in [6.45, 7) is 8.62. The first-order chi connectivity index (χ1) is 16.6. The molecule has 4 aromatic rings. The quantitative estimate of drug-likeness (QED) is 0.420. The molecule has 3 heterocycles. The molecule has 176 valence electrons. The summed E-state index contributed by atoms with van der Waals surface area (Å²) < 4.78 is 7.55. The lowest BCUT2D eigenvalue weighted by Gasteiger charge is -2.34. The molecule has 0 atom stereocenters. The fraction of sp³-hybridized carbons (Fsp3) is 0.370. The van der Waals surface area contributed by atoms with E-state index >= 15 is 0 Å². The number of nitrogens with zero attached hydrogens (tertiary/aromatic N) is 5. The number of hydrogen-bond acceptors (Lipinski definition) is 5. The first-order valence-electron chi connectivity index (χ1n) is 12.0. The van der Waals surface area contributed by atoms with Crippen LogP contribution >= 0.6 is 0 Å². The van der Waals surface area contributed by atoms with E-state index in [0.717, 1.165) is 73.1 Å². The Bertz CT molecular complexity index is 1250. The normalized spacial score (nSPS) is 14.7. The average molecular weight is 458 g/mol. The molecule has 0 radical (unpaired) electrons. The molecule has 0 aliphatic carbocycles.